The molecule has 1 rings (SSSR count). The van der Waals surface area contributed by atoms with Crippen LogP contribution in [0.15, 0.2) is 18.2 Å². The molecule has 0 bridgehead atoms. The molecule has 17 heavy (non-hydrogen) atoms. The topological polar surface area (TPSA) is 9.23 Å². The van der Waals surface area contributed by atoms with Crippen LogP contribution in [0.4, 0.5) is 17.6 Å². The van der Waals surface area contributed by atoms with Crippen molar-refractivity contribution in [2.24, 2.45) is 0 Å². The number of rotatable bonds is 3. The van der Waals surface area contributed by atoms with Gasteiger partial charge in [0.05, 0.1) is 0 Å². The first-order valence-electron chi connectivity index (χ1n) is 5.46. The lowest BCUT2D eigenvalue weighted by Crippen LogP contribution is -2.18. The average Bonchev–Trinajstić information content (AvgIpc) is 2.24. The Kier molecular flexibility index (Phi) is 6.61. The molecule has 0 fully saturated rings. The van der Waals surface area contributed by atoms with Gasteiger partial charge in [0.25, 0.3) is 0 Å². The fourth-order valence-electron chi connectivity index (χ4n) is 1.19. The zero-order valence-corrected chi connectivity index (χ0v) is 10.1. The lowest BCUT2D eigenvalue weighted by molar-refractivity contribution is -0.275. The second-order valence-electron chi connectivity index (χ2n) is 3.06. The molecule has 0 saturated heterocycles. The fourth-order valence-corrected chi connectivity index (χ4v) is 1.19. The van der Waals surface area contributed by atoms with Gasteiger partial charge >= 0.3 is 6.36 Å². The predicted molar refractivity (Wildman–Crippen MR) is 58.4 cm³/mol. The molecule has 0 aliphatic carbocycles. The number of halogens is 4. The SMILES string of the molecule is CC.CCCc1ccc(F)c(OC(F)(F)F)c1. The Hall–Kier alpha value is -1.26. The minimum absolute atomic E-state index is 0.592. The maximum atomic E-state index is 12.9. The lowest BCUT2D eigenvalue weighted by atomic mass is 10.1. The molecule has 0 atom stereocenters. The molecule has 0 heterocycles. The van der Waals surface area contributed by atoms with Crippen molar-refractivity contribution in [3.8, 4) is 5.75 Å². The molecular weight excluding hydrogens is 236 g/mol. The van der Waals surface area contributed by atoms with E-state index < -0.39 is 17.9 Å². The Morgan fingerprint density at radius 3 is 2.24 bits per heavy atom. The summed E-state index contributed by atoms with van der Waals surface area (Å²) in [7, 11) is 0. The van der Waals surface area contributed by atoms with Gasteiger partial charge in [0.15, 0.2) is 11.6 Å². The number of alkyl halides is 3. The van der Waals surface area contributed by atoms with Crippen molar-refractivity contribution in [1.29, 1.82) is 0 Å². The largest absolute Gasteiger partial charge is 0.573 e. The van der Waals surface area contributed by atoms with Gasteiger partial charge in [0, 0.05) is 0 Å². The van der Waals surface area contributed by atoms with Crippen LogP contribution in [0.2, 0.25) is 0 Å². The first-order valence-corrected chi connectivity index (χ1v) is 5.46. The third-order valence-corrected chi connectivity index (χ3v) is 1.76. The summed E-state index contributed by atoms with van der Waals surface area (Å²) in [5, 5.41) is 0. The van der Waals surface area contributed by atoms with E-state index in [0.29, 0.717) is 12.0 Å². The molecule has 0 aromatic heterocycles. The second-order valence-corrected chi connectivity index (χ2v) is 3.06. The van der Waals surface area contributed by atoms with Crippen molar-refractivity contribution < 1.29 is 22.3 Å². The summed E-state index contributed by atoms with van der Waals surface area (Å²) in [6, 6.07) is 3.50. The number of hydrogen-bond donors (Lipinski definition) is 0. The third kappa shape index (κ3) is 6.14. The molecule has 0 aliphatic rings. The number of hydrogen-bond acceptors (Lipinski definition) is 1. The van der Waals surface area contributed by atoms with Gasteiger partial charge in [-0.3, -0.25) is 0 Å². The molecule has 0 aliphatic heterocycles. The van der Waals surface area contributed by atoms with Crippen LogP contribution < -0.4 is 4.74 Å². The van der Waals surface area contributed by atoms with E-state index in [4.69, 9.17) is 0 Å². The van der Waals surface area contributed by atoms with Crippen LogP contribution in [0.3, 0.4) is 0 Å². The van der Waals surface area contributed by atoms with Crippen LogP contribution in [-0.4, -0.2) is 6.36 Å². The van der Waals surface area contributed by atoms with E-state index in [-0.39, 0.29) is 0 Å². The summed E-state index contributed by atoms with van der Waals surface area (Å²) >= 11 is 0. The van der Waals surface area contributed by atoms with Gasteiger partial charge < -0.3 is 4.74 Å². The minimum Gasteiger partial charge on any atom is -0.403 e. The standard InChI is InChI=1S/C10H10F4O.C2H6/c1-2-3-7-4-5-8(11)9(6-7)15-10(12,13)14;1-2/h4-6H,2-3H2,1H3;1-2H3. The maximum absolute atomic E-state index is 12.9. The van der Waals surface area contributed by atoms with Crippen molar-refractivity contribution in [2.45, 2.75) is 40.0 Å². The fraction of sp³-hybridized carbons (Fsp3) is 0.500. The number of aryl methyl sites for hydroxylation is 1. The van der Waals surface area contributed by atoms with E-state index in [0.717, 1.165) is 18.6 Å². The number of benzene rings is 1. The number of ether oxygens (including phenoxy) is 1. The van der Waals surface area contributed by atoms with E-state index in [9.17, 15) is 17.6 Å². The Morgan fingerprint density at radius 2 is 1.76 bits per heavy atom. The van der Waals surface area contributed by atoms with Crippen molar-refractivity contribution in [1.82, 2.24) is 0 Å². The molecule has 5 heteroatoms. The van der Waals surface area contributed by atoms with Gasteiger partial charge in [-0.15, -0.1) is 13.2 Å². The summed E-state index contributed by atoms with van der Waals surface area (Å²) in [4.78, 5) is 0. The van der Waals surface area contributed by atoms with E-state index in [1.807, 2.05) is 20.8 Å². The molecule has 0 saturated carbocycles. The Morgan fingerprint density at radius 1 is 1.18 bits per heavy atom. The molecule has 0 unspecified atom stereocenters. The molecule has 98 valence electrons. The molecule has 1 aromatic carbocycles. The third-order valence-electron chi connectivity index (χ3n) is 1.76. The normalized spacial score (nSPS) is 10.5. The molecule has 0 radical (unpaired) electrons. The zero-order valence-electron chi connectivity index (χ0n) is 10.1. The van der Waals surface area contributed by atoms with Crippen LogP contribution in [0.5, 0.6) is 5.75 Å². The van der Waals surface area contributed by atoms with Gasteiger partial charge in [-0.2, -0.15) is 0 Å². The highest BCUT2D eigenvalue weighted by Gasteiger charge is 2.32. The second kappa shape index (κ2) is 7.14. The highest BCUT2D eigenvalue weighted by atomic mass is 19.4. The molecule has 0 spiro atoms. The van der Waals surface area contributed by atoms with Crippen LogP contribution in [0.25, 0.3) is 0 Å². The highest BCUT2D eigenvalue weighted by Crippen LogP contribution is 2.26. The molecule has 0 N–H and O–H groups in total. The first kappa shape index (κ1) is 15.7. The van der Waals surface area contributed by atoms with Gasteiger partial charge in [-0.25, -0.2) is 4.39 Å². The first-order chi connectivity index (χ1) is 7.92. The molecule has 1 nitrogen and oxygen atoms in total. The molecular formula is C12H16F4O. The summed E-state index contributed by atoms with van der Waals surface area (Å²) in [6.07, 6.45) is -3.49. The van der Waals surface area contributed by atoms with Crippen LogP contribution in [0.1, 0.15) is 32.8 Å². The van der Waals surface area contributed by atoms with Crippen LogP contribution in [0, 0.1) is 5.82 Å². The van der Waals surface area contributed by atoms with Crippen LogP contribution >= 0.6 is 0 Å². The molecule has 1 aromatic rings. The van der Waals surface area contributed by atoms with E-state index in [1.165, 1.54) is 6.07 Å². The summed E-state index contributed by atoms with van der Waals surface area (Å²) in [5.41, 5.74) is 0.623. The lowest BCUT2D eigenvalue weighted by Gasteiger charge is -2.10. The summed E-state index contributed by atoms with van der Waals surface area (Å²) < 4.78 is 52.0. The van der Waals surface area contributed by atoms with E-state index >= 15 is 0 Å². The Labute approximate surface area is 98.4 Å². The predicted octanol–water partition coefficient (Wildman–Crippen LogP) is 4.70. The van der Waals surface area contributed by atoms with Crippen molar-refractivity contribution in [3.05, 3.63) is 29.6 Å². The minimum atomic E-state index is -4.86. The molecule has 0 amide bonds. The summed E-state index contributed by atoms with van der Waals surface area (Å²) in [6.45, 7) is 5.88. The van der Waals surface area contributed by atoms with Gasteiger partial charge in [0.1, 0.15) is 0 Å². The highest BCUT2D eigenvalue weighted by molar-refractivity contribution is 5.30. The maximum Gasteiger partial charge on any atom is 0.573 e. The van der Waals surface area contributed by atoms with Gasteiger partial charge in [-0.05, 0) is 24.1 Å². The summed E-state index contributed by atoms with van der Waals surface area (Å²) in [5.74, 6) is -1.78. The Bertz CT molecular complexity index is 334. The van der Waals surface area contributed by atoms with Gasteiger partial charge in [-0.1, -0.05) is 33.3 Å². The van der Waals surface area contributed by atoms with Crippen molar-refractivity contribution in [2.75, 3.05) is 0 Å². The monoisotopic (exact) mass is 252 g/mol. The van der Waals surface area contributed by atoms with Crippen molar-refractivity contribution >= 4 is 0 Å². The van der Waals surface area contributed by atoms with Crippen molar-refractivity contribution in [3.63, 3.8) is 0 Å². The smallest absolute Gasteiger partial charge is 0.403 e. The quantitative estimate of drug-likeness (QED) is 0.708. The Balaban J connectivity index is 0.00000121. The van der Waals surface area contributed by atoms with E-state index in [1.54, 1.807) is 0 Å². The van der Waals surface area contributed by atoms with Gasteiger partial charge in [0.2, 0.25) is 0 Å². The van der Waals surface area contributed by atoms with Crippen LogP contribution in [-0.2, 0) is 6.42 Å². The van der Waals surface area contributed by atoms with E-state index in [2.05, 4.69) is 4.74 Å². The zero-order chi connectivity index (χ0) is 13.5. The average molecular weight is 252 g/mol.